The molecule has 0 radical (unpaired) electrons. The van der Waals surface area contributed by atoms with Gasteiger partial charge in [0.2, 0.25) is 0 Å². The summed E-state index contributed by atoms with van der Waals surface area (Å²) in [5, 5.41) is 0. The smallest absolute Gasteiger partial charge is 0.411 e. The van der Waals surface area contributed by atoms with Gasteiger partial charge in [-0.3, -0.25) is 4.90 Å². The van der Waals surface area contributed by atoms with Crippen LogP contribution in [0.3, 0.4) is 0 Å². The molecule has 0 aliphatic rings. The quantitative estimate of drug-likeness (QED) is 0.944. The number of benzene rings is 2. The van der Waals surface area contributed by atoms with Crippen LogP contribution in [-0.4, -0.2) is 19.2 Å². The molecule has 0 spiro atoms. The van der Waals surface area contributed by atoms with Crippen molar-refractivity contribution < 1.29 is 19.1 Å². The molecule has 0 bridgehead atoms. The zero-order valence-corrected chi connectivity index (χ0v) is 12.3. The summed E-state index contributed by atoms with van der Waals surface area (Å²) in [6.07, 6.45) is -1.42. The van der Waals surface area contributed by atoms with E-state index in [1.54, 1.807) is 7.05 Å². The Bertz CT molecular complexity index is 683. The first-order valence-corrected chi connectivity index (χ1v) is 6.55. The molecule has 0 aromatic heterocycles. The average Bonchev–Trinajstić information content (AvgIpc) is 2.48. The lowest BCUT2D eigenvalue weighted by Crippen LogP contribution is -2.29. The summed E-state index contributed by atoms with van der Waals surface area (Å²) in [7, 11) is 1.63. The third kappa shape index (κ3) is 3.99. The standard InChI is InChI=1S/C16H16N2O4/c1-11-4-3-5-12(10-11)18(2)16(20)22-14-8-6-13(7-9-14)21-15(17)19/h3-10H,1-2H3,(H2,17,19). The van der Waals surface area contributed by atoms with Gasteiger partial charge in [0.25, 0.3) is 0 Å². The van der Waals surface area contributed by atoms with E-state index in [9.17, 15) is 9.59 Å². The van der Waals surface area contributed by atoms with Crippen molar-refractivity contribution in [1.29, 1.82) is 0 Å². The van der Waals surface area contributed by atoms with Crippen LogP contribution < -0.4 is 20.1 Å². The zero-order chi connectivity index (χ0) is 16.1. The summed E-state index contributed by atoms with van der Waals surface area (Å²) < 4.78 is 9.94. The highest BCUT2D eigenvalue weighted by Crippen LogP contribution is 2.20. The highest BCUT2D eigenvalue weighted by molar-refractivity contribution is 5.88. The predicted octanol–water partition coefficient (Wildman–Crippen LogP) is 3.09. The first-order valence-electron chi connectivity index (χ1n) is 6.55. The van der Waals surface area contributed by atoms with Crippen molar-refractivity contribution in [3.63, 3.8) is 0 Å². The minimum atomic E-state index is -0.899. The van der Waals surface area contributed by atoms with Crippen molar-refractivity contribution in [3.8, 4) is 11.5 Å². The van der Waals surface area contributed by atoms with E-state index in [2.05, 4.69) is 0 Å². The minimum absolute atomic E-state index is 0.277. The van der Waals surface area contributed by atoms with E-state index >= 15 is 0 Å². The number of hydrogen-bond acceptors (Lipinski definition) is 4. The molecule has 6 heteroatoms. The van der Waals surface area contributed by atoms with Gasteiger partial charge in [-0.1, -0.05) is 12.1 Å². The van der Waals surface area contributed by atoms with Gasteiger partial charge >= 0.3 is 12.2 Å². The van der Waals surface area contributed by atoms with Crippen LogP contribution in [0, 0.1) is 6.92 Å². The van der Waals surface area contributed by atoms with E-state index in [-0.39, 0.29) is 5.75 Å². The van der Waals surface area contributed by atoms with Crippen LogP contribution in [-0.2, 0) is 0 Å². The van der Waals surface area contributed by atoms with E-state index in [1.807, 2.05) is 31.2 Å². The van der Waals surface area contributed by atoms with Gasteiger partial charge in [-0.2, -0.15) is 0 Å². The fourth-order valence-corrected chi connectivity index (χ4v) is 1.80. The van der Waals surface area contributed by atoms with Crippen molar-refractivity contribution in [3.05, 3.63) is 54.1 Å². The van der Waals surface area contributed by atoms with Gasteiger partial charge in [-0.25, -0.2) is 9.59 Å². The second-order valence-electron chi connectivity index (χ2n) is 4.66. The molecule has 0 fully saturated rings. The van der Waals surface area contributed by atoms with Crippen molar-refractivity contribution in [1.82, 2.24) is 0 Å². The Hall–Kier alpha value is -3.02. The van der Waals surface area contributed by atoms with Crippen LogP contribution in [0.25, 0.3) is 0 Å². The molecule has 22 heavy (non-hydrogen) atoms. The number of amides is 2. The van der Waals surface area contributed by atoms with Gasteiger partial charge in [0.1, 0.15) is 11.5 Å². The molecule has 0 atom stereocenters. The number of primary amides is 1. The molecule has 2 aromatic carbocycles. The highest BCUT2D eigenvalue weighted by Gasteiger charge is 2.13. The average molecular weight is 300 g/mol. The lowest BCUT2D eigenvalue weighted by molar-refractivity contribution is 0.207. The Kier molecular flexibility index (Phi) is 4.63. The number of nitrogens with two attached hydrogens (primary N) is 1. The zero-order valence-electron chi connectivity index (χ0n) is 12.3. The van der Waals surface area contributed by atoms with E-state index in [0.717, 1.165) is 11.3 Å². The molecule has 0 aliphatic carbocycles. The Labute approximate surface area is 128 Å². The lowest BCUT2D eigenvalue weighted by Gasteiger charge is -2.17. The second-order valence-corrected chi connectivity index (χ2v) is 4.66. The third-order valence-corrected chi connectivity index (χ3v) is 2.91. The third-order valence-electron chi connectivity index (χ3n) is 2.91. The number of aryl methyl sites for hydroxylation is 1. The maximum atomic E-state index is 12.1. The monoisotopic (exact) mass is 300 g/mol. The van der Waals surface area contributed by atoms with Crippen LogP contribution in [0.2, 0.25) is 0 Å². The molecule has 0 saturated carbocycles. The maximum Gasteiger partial charge on any atom is 0.419 e. The molecule has 2 rings (SSSR count). The van der Waals surface area contributed by atoms with Gasteiger partial charge in [-0.15, -0.1) is 0 Å². The topological polar surface area (TPSA) is 81.9 Å². The van der Waals surface area contributed by atoms with Gasteiger partial charge < -0.3 is 15.2 Å². The summed E-state index contributed by atoms with van der Waals surface area (Å²) in [5.41, 5.74) is 6.69. The Morgan fingerprint density at radius 2 is 1.59 bits per heavy atom. The SMILES string of the molecule is Cc1cccc(N(C)C(=O)Oc2ccc(OC(N)=O)cc2)c1. The predicted molar refractivity (Wildman–Crippen MR) is 82.3 cm³/mol. The van der Waals surface area contributed by atoms with E-state index < -0.39 is 12.2 Å². The van der Waals surface area contributed by atoms with E-state index in [4.69, 9.17) is 15.2 Å². The summed E-state index contributed by atoms with van der Waals surface area (Å²) in [6, 6.07) is 13.5. The fraction of sp³-hybridized carbons (Fsp3) is 0.125. The molecule has 2 amide bonds. The largest absolute Gasteiger partial charge is 0.419 e. The number of anilines is 1. The van der Waals surface area contributed by atoms with Crippen LogP contribution in [0.4, 0.5) is 15.3 Å². The van der Waals surface area contributed by atoms with Crippen LogP contribution in [0.15, 0.2) is 48.5 Å². The Morgan fingerprint density at radius 3 is 2.14 bits per heavy atom. The molecule has 0 saturated heterocycles. The first kappa shape index (κ1) is 15.4. The number of carbonyl (C=O) groups excluding carboxylic acids is 2. The first-order chi connectivity index (χ1) is 10.5. The molecule has 0 heterocycles. The fourth-order valence-electron chi connectivity index (χ4n) is 1.80. The normalized spacial score (nSPS) is 9.91. The summed E-state index contributed by atoms with van der Waals surface area (Å²) >= 11 is 0. The summed E-state index contributed by atoms with van der Waals surface area (Å²) in [4.78, 5) is 24.1. The van der Waals surface area contributed by atoms with E-state index in [0.29, 0.717) is 5.75 Å². The summed E-state index contributed by atoms with van der Waals surface area (Å²) in [6.45, 7) is 1.94. The van der Waals surface area contributed by atoms with Crippen molar-refractivity contribution >= 4 is 17.9 Å². The number of ether oxygens (including phenoxy) is 2. The number of carbonyl (C=O) groups is 2. The molecule has 0 unspecified atom stereocenters. The van der Waals surface area contributed by atoms with Crippen LogP contribution >= 0.6 is 0 Å². The van der Waals surface area contributed by atoms with Crippen LogP contribution in [0.1, 0.15) is 5.56 Å². The van der Waals surface area contributed by atoms with Gasteiger partial charge in [-0.05, 0) is 48.9 Å². The summed E-state index contributed by atoms with van der Waals surface area (Å²) in [5.74, 6) is 0.612. The molecule has 6 nitrogen and oxygen atoms in total. The van der Waals surface area contributed by atoms with Gasteiger partial charge in [0.05, 0.1) is 0 Å². The van der Waals surface area contributed by atoms with Gasteiger partial charge in [0, 0.05) is 12.7 Å². The van der Waals surface area contributed by atoms with Crippen molar-refractivity contribution in [2.45, 2.75) is 6.92 Å². The lowest BCUT2D eigenvalue weighted by atomic mass is 10.2. The molecular formula is C16H16N2O4. The molecule has 2 N–H and O–H groups in total. The Balaban J connectivity index is 2.03. The molecule has 0 aliphatic heterocycles. The maximum absolute atomic E-state index is 12.1. The molecule has 2 aromatic rings. The Morgan fingerprint density at radius 1 is 1.00 bits per heavy atom. The van der Waals surface area contributed by atoms with Crippen molar-refractivity contribution in [2.75, 3.05) is 11.9 Å². The van der Waals surface area contributed by atoms with Gasteiger partial charge in [0.15, 0.2) is 0 Å². The minimum Gasteiger partial charge on any atom is -0.411 e. The van der Waals surface area contributed by atoms with Crippen LogP contribution in [0.5, 0.6) is 11.5 Å². The van der Waals surface area contributed by atoms with Crippen molar-refractivity contribution in [2.24, 2.45) is 5.73 Å². The molecule has 114 valence electrons. The number of nitrogens with zero attached hydrogens (tertiary/aromatic N) is 1. The number of hydrogen-bond donors (Lipinski definition) is 1. The second kappa shape index (κ2) is 6.62. The molecular weight excluding hydrogens is 284 g/mol. The number of rotatable bonds is 3. The van der Waals surface area contributed by atoms with E-state index in [1.165, 1.54) is 29.2 Å². The highest BCUT2D eigenvalue weighted by atomic mass is 16.6.